The van der Waals surface area contributed by atoms with Crippen LogP contribution in [0, 0.1) is 0 Å². The lowest BCUT2D eigenvalue weighted by Crippen LogP contribution is -2.39. The minimum absolute atomic E-state index is 0.285. The number of hydrogen-bond acceptors (Lipinski definition) is 5. The zero-order chi connectivity index (χ0) is 14.5. The Morgan fingerprint density at radius 3 is 3.05 bits per heavy atom. The summed E-state index contributed by atoms with van der Waals surface area (Å²) < 4.78 is 10.4. The van der Waals surface area contributed by atoms with Gasteiger partial charge in [-0.2, -0.15) is 0 Å². The molecule has 6 heteroatoms. The molecule has 0 spiro atoms. The molecule has 1 aromatic rings. The third kappa shape index (κ3) is 3.01. The Balaban J connectivity index is 2.12. The van der Waals surface area contributed by atoms with E-state index in [1.165, 1.54) is 0 Å². The van der Waals surface area contributed by atoms with Gasteiger partial charge in [0, 0.05) is 6.54 Å². The van der Waals surface area contributed by atoms with E-state index >= 15 is 0 Å². The maximum Gasteiger partial charge on any atom is 0.328 e. The van der Waals surface area contributed by atoms with Crippen LogP contribution >= 0.6 is 0 Å². The molecule has 1 heterocycles. The Morgan fingerprint density at radius 1 is 1.50 bits per heavy atom. The van der Waals surface area contributed by atoms with Crippen LogP contribution in [0.15, 0.2) is 18.2 Å². The van der Waals surface area contributed by atoms with Gasteiger partial charge >= 0.3 is 5.97 Å². The number of carbonyl (C=O) groups is 2. The van der Waals surface area contributed by atoms with Crippen LogP contribution in [0.25, 0.3) is 0 Å². The molecule has 0 aliphatic carbocycles. The monoisotopic (exact) mass is 278 g/mol. The van der Waals surface area contributed by atoms with Gasteiger partial charge in [0.1, 0.15) is 12.6 Å². The Morgan fingerprint density at radius 2 is 2.30 bits per heavy atom. The smallest absolute Gasteiger partial charge is 0.328 e. The third-order valence-electron chi connectivity index (χ3n) is 2.91. The van der Waals surface area contributed by atoms with Crippen molar-refractivity contribution in [3.63, 3.8) is 0 Å². The highest BCUT2D eigenvalue weighted by Gasteiger charge is 2.22. The van der Waals surface area contributed by atoms with Crippen LogP contribution in [0.2, 0.25) is 0 Å². The highest BCUT2D eigenvalue weighted by atomic mass is 16.5. The van der Waals surface area contributed by atoms with E-state index in [2.05, 4.69) is 10.6 Å². The number of carbonyl (C=O) groups excluding carboxylic acids is 2. The molecule has 0 radical (unpaired) electrons. The molecule has 6 nitrogen and oxygen atoms in total. The van der Waals surface area contributed by atoms with Crippen LogP contribution in [0.3, 0.4) is 0 Å². The van der Waals surface area contributed by atoms with Crippen molar-refractivity contribution in [1.82, 2.24) is 5.32 Å². The average molecular weight is 278 g/mol. The molecule has 1 unspecified atom stereocenters. The minimum atomic E-state index is -0.699. The molecule has 20 heavy (non-hydrogen) atoms. The van der Waals surface area contributed by atoms with E-state index in [0.29, 0.717) is 24.5 Å². The number of benzene rings is 1. The molecular weight excluding hydrogens is 260 g/mol. The average Bonchev–Trinajstić information content (AvgIpc) is 2.46. The van der Waals surface area contributed by atoms with E-state index in [0.717, 1.165) is 5.69 Å². The minimum Gasteiger partial charge on any atom is -0.489 e. The summed E-state index contributed by atoms with van der Waals surface area (Å²) in [5.74, 6) is -0.289. The summed E-state index contributed by atoms with van der Waals surface area (Å²) in [6.07, 6.45) is 0. The molecule has 1 atom stereocenters. The van der Waals surface area contributed by atoms with Crippen LogP contribution in [-0.4, -0.2) is 37.7 Å². The maximum atomic E-state index is 12.2. The first kappa shape index (κ1) is 14.2. The summed E-state index contributed by atoms with van der Waals surface area (Å²) in [5, 5.41) is 5.77. The van der Waals surface area contributed by atoms with E-state index in [4.69, 9.17) is 9.47 Å². The van der Waals surface area contributed by atoms with Gasteiger partial charge in [-0.1, -0.05) is 6.07 Å². The highest BCUT2D eigenvalue weighted by Crippen LogP contribution is 2.31. The van der Waals surface area contributed by atoms with Gasteiger partial charge in [0.15, 0.2) is 5.75 Å². The summed E-state index contributed by atoms with van der Waals surface area (Å²) in [7, 11) is 0. The van der Waals surface area contributed by atoms with Gasteiger partial charge in [-0.25, -0.2) is 4.79 Å². The Bertz CT molecular complexity index is 516. The molecule has 1 aliphatic rings. The van der Waals surface area contributed by atoms with E-state index in [1.54, 1.807) is 26.0 Å². The van der Waals surface area contributed by atoms with Crippen LogP contribution in [0.1, 0.15) is 24.2 Å². The summed E-state index contributed by atoms with van der Waals surface area (Å²) >= 11 is 0. The number of rotatable bonds is 4. The second-order valence-electron chi connectivity index (χ2n) is 4.40. The van der Waals surface area contributed by atoms with Crippen molar-refractivity contribution >= 4 is 17.6 Å². The maximum absolute atomic E-state index is 12.2. The normalized spacial score (nSPS) is 14.3. The molecular formula is C14H18N2O4. The Kier molecular flexibility index (Phi) is 4.45. The molecule has 0 saturated heterocycles. The van der Waals surface area contributed by atoms with Crippen LogP contribution < -0.4 is 15.4 Å². The Labute approximate surface area is 117 Å². The van der Waals surface area contributed by atoms with Crippen LogP contribution in [0.4, 0.5) is 5.69 Å². The summed E-state index contributed by atoms with van der Waals surface area (Å²) in [4.78, 5) is 23.7. The quantitative estimate of drug-likeness (QED) is 0.809. The van der Waals surface area contributed by atoms with Gasteiger partial charge in [-0.3, -0.25) is 4.79 Å². The molecule has 1 aliphatic heterocycles. The predicted octanol–water partition coefficient (Wildman–Crippen LogP) is 1.17. The molecule has 0 aromatic heterocycles. The van der Waals surface area contributed by atoms with Crippen molar-refractivity contribution in [3.05, 3.63) is 23.8 Å². The van der Waals surface area contributed by atoms with Gasteiger partial charge in [-0.05, 0) is 26.0 Å². The number of hydrogen-bond donors (Lipinski definition) is 2. The number of ether oxygens (including phenoxy) is 2. The number of amides is 1. The van der Waals surface area contributed by atoms with Crippen LogP contribution in [-0.2, 0) is 9.53 Å². The summed E-state index contributed by atoms with van der Waals surface area (Å²) in [6, 6.07) is 4.58. The van der Waals surface area contributed by atoms with Crippen molar-refractivity contribution in [3.8, 4) is 5.75 Å². The summed E-state index contributed by atoms with van der Waals surface area (Å²) in [5.41, 5.74) is 1.19. The lowest BCUT2D eigenvalue weighted by Gasteiger charge is -2.22. The number of para-hydroxylation sites is 1. The first-order chi connectivity index (χ1) is 9.63. The zero-order valence-corrected chi connectivity index (χ0v) is 11.6. The van der Waals surface area contributed by atoms with Gasteiger partial charge in [0.25, 0.3) is 5.91 Å². The fraction of sp³-hybridized carbons (Fsp3) is 0.429. The lowest BCUT2D eigenvalue weighted by atomic mass is 10.1. The number of fused-ring (bicyclic) bond motifs is 1. The van der Waals surface area contributed by atoms with Gasteiger partial charge < -0.3 is 20.1 Å². The predicted molar refractivity (Wildman–Crippen MR) is 74.0 cm³/mol. The van der Waals surface area contributed by atoms with Gasteiger partial charge in [-0.15, -0.1) is 0 Å². The second kappa shape index (κ2) is 6.27. The third-order valence-corrected chi connectivity index (χ3v) is 2.91. The van der Waals surface area contributed by atoms with Crippen molar-refractivity contribution in [2.24, 2.45) is 0 Å². The lowest BCUT2D eigenvalue weighted by molar-refractivity contribution is -0.144. The SMILES string of the molecule is CCOC(=O)C(C)NC(=O)c1cccc2c1OCCN2. The fourth-order valence-electron chi connectivity index (χ4n) is 1.95. The molecule has 108 valence electrons. The number of esters is 1. The molecule has 1 amide bonds. The second-order valence-corrected chi connectivity index (χ2v) is 4.40. The summed E-state index contributed by atoms with van der Waals surface area (Å²) in [6.45, 7) is 4.80. The standard InChI is InChI=1S/C14H18N2O4/c1-3-19-14(18)9(2)16-13(17)10-5-4-6-11-12(10)20-8-7-15-11/h4-6,9,15H,3,7-8H2,1-2H3,(H,16,17). The molecule has 0 fully saturated rings. The highest BCUT2D eigenvalue weighted by molar-refractivity contribution is 6.00. The van der Waals surface area contributed by atoms with Gasteiger partial charge in [0.05, 0.1) is 17.9 Å². The van der Waals surface area contributed by atoms with E-state index in [9.17, 15) is 9.59 Å². The van der Waals surface area contributed by atoms with Gasteiger partial charge in [0.2, 0.25) is 0 Å². The Hall–Kier alpha value is -2.24. The van der Waals surface area contributed by atoms with E-state index < -0.39 is 12.0 Å². The topological polar surface area (TPSA) is 76.7 Å². The first-order valence-electron chi connectivity index (χ1n) is 6.60. The largest absolute Gasteiger partial charge is 0.489 e. The van der Waals surface area contributed by atoms with E-state index in [-0.39, 0.29) is 12.5 Å². The first-order valence-corrected chi connectivity index (χ1v) is 6.60. The molecule has 2 rings (SSSR count). The van der Waals surface area contributed by atoms with Crippen LogP contribution in [0.5, 0.6) is 5.75 Å². The molecule has 0 bridgehead atoms. The molecule has 2 N–H and O–H groups in total. The van der Waals surface area contributed by atoms with E-state index in [1.807, 2.05) is 6.07 Å². The van der Waals surface area contributed by atoms with Crippen molar-refractivity contribution in [2.75, 3.05) is 25.1 Å². The number of nitrogens with one attached hydrogen (secondary N) is 2. The van der Waals surface area contributed by atoms with Crippen molar-refractivity contribution < 1.29 is 19.1 Å². The molecule has 1 aromatic carbocycles. The van der Waals surface area contributed by atoms with Crippen molar-refractivity contribution in [2.45, 2.75) is 19.9 Å². The molecule has 0 saturated carbocycles. The van der Waals surface area contributed by atoms with Crippen molar-refractivity contribution in [1.29, 1.82) is 0 Å². The number of anilines is 1. The zero-order valence-electron chi connectivity index (χ0n) is 11.6. The fourth-order valence-corrected chi connectivity index (χ4v) is 1.95.